The molecule has 0 aliphatic rings. The maximum absolute atomic E-state index is 12.4. The Labute approximate surface area is 176 Å². The molecule has 0 aliphatic heterocycles. The number of benzene rings is 2. The van der Waals surface area contributed by atoms with E-state index in [1.807, 2.05) is 32.0 Å². The third kappa shape index (κ3) is 7.04. The van der Waals surface area contributed by atoms with Gasteiger partial charge in [-0.3, -0.25) is 4.79 Å². The highest BCUT2D eigenvalue weighted by Gasteiger charge is 2.17. The van der Waals surface area contributed by atoms with E-state index in [0.717, 1.165) is 22.9 Å². The van der Waals surface area contributed by atoms with Crippen LogP contribution >= 0.6 is 15.9 Å². The maximum Gasteiger partial charge on any atom is 0.240 e. The van der Waals surface area contributed by atoms with Crippen molar-refractivity contribution < 1.29 is 13.2 Å². The highest BCUT2D eigenvalue weighted by Crippen LogP contribution is 2.16. The lowest BCUT2D eigenvalue weighted by Gasteiger charge is -2.14. The van der Waals surface area contributed by atoms with Crippen LogP contribution in [0.1, 0.15) is 36.5 Å². The van der Waals surface area contributed by atoms with Crippen molar-refractivity contribution in [1.82, 2.24) is 10.0 Å². The molecule has 5 nitrogen and oxygen atoms in total. The normalized spacial score (nSPS) is 12.6. The summed E-state index contributed by atoms with van der Waals surface area (Å²) in [5.74, 6) is -0.161. The third-order valence-corrected chi connectivity index (χ3v) is 6.60. The molecule has 0 aromatic heterocycles. The van der Waals surface area contributed by atoms with Crippen molar-refractivity contribution >= 4 is 31.9 Å². The van der Waals surface area contributed by atoms with E-state index in [-0.39, 0.29) is 29.8 Å². The van der Waals surface area contributed by atoms with E-state index in [2.05, 4.69) is 38.1 Å². The molecule has 0 aliphatic carbocycles. The Balaban J connectivity index is 1.76. The van der Waals surface area contributed by atoms with Crippen LogP contribution in [-0.4, -0.2) is 26.9 Å². The summed E-state index contributed by atoms with van der Waals surface area (Å²) in [6, 6.07) is 13.3. The highest BCUT2D eigenvalue weighted by atomic mass is 79.9. The fraction of sp³-hybridized carbons (Fsp3) is 0.381. The van der Waals surface area contributed by atoms with Crippen molar-refractivity contribution in [2.75, 3.05) is 6.54 Å². The molecule has 0 spiro atoms. The molecule has 7 heteroatoms. The summed E-state index contributed by atoms with van der Waals surface area (Å²) in [6.07, 6.45) is 1.79. The molecule has 0 fully saturated rings. The molecular weight excluding hydrogens is 440 g/mol. The SMILES string of the molecule is Cc1ccc(S(=O)(=O)NCCC(=O)NC(C)CCc2ccc(Br)cc2)c(C)c1. The van der Waals surface area contributed by atoms with Crippen LogP contribution in [0.5, 0.6) is 0 Å². The van der Waals surface area contributed by atoms with Gasteiger partial charge >= 0.3 is 0 Å². The van der Waals surface area contributed by atoms with Crippen molar-refractivity contribution in [2.24, 2.45) is 0 Å². The first-order chi connectivity index (χ1) is 13.2. The van der Waals surface area contributed by atoms with E-state index < -0.39 is 10.0 Å². The van der Waals surface area contributed by atoms with Crippen molar-refractivity contribution in [3.05, 3.63) is 63.6 Å². The van der Waals surface area contributed by atoms with Gasteiger partial charge in [0.05, 0.1) is 4.90 Å². The largest absolute Gasteiger partial charge is 0.354 e. The molecule has 0 saturated heterocycles. The summed E-state index contributed by atoms with van der Waals surface area (Å²) in [7, 11) is -3.62. The van der Waals surface area contributed by atoms with Crippen LogP contribution < -0.4 is 10.0 Å². The van der Waals surface area contributed by atoms with Crippen LogP contribution in [0.25, 0.3) is 0 Å². The molecule has 2 N–H and O–H groups in total. The summed E-state index contributed by atoms with van der Waals surface area (Å²) in [5.41, 5.74) is 2.91. The standard InChI is InChI=1S/C21H27BrN2O3S/c1-15-4-11-20(16(2)14-15)28(26,27)23-13-12-21(25)24-17(3)5-6-18-7-9-19(22)10-8-18/h4,7-11,14,17,23H,5-6,12-13H2,1-3H3,(H,24,25). The fourth-order valence-electron chi connectivity index (χ4n) is 2.93. The van der Waals surface area contributed by atoms with E-state index in [1.165, 1.54) is 5.56 Å². The van der Waals surface area contributed by atoms with Gasteiger partial charge in [-0.1, -0.05) is 45.8 Å². The minimum absolute atomic E-state index is 0.0205. The van der Waals surface area contributed by atoms with Gasteiger partial charge in [0, 0.05) is 23.5 Å². The average Bonchev–Trinajstić information content (AvgIpc) is 2.60. The number of rotatable bonds is 9. The molecule has 1 amide bonds. The highest BCUT2D eigenvalue weighted by molar-refractivity contribution is 9.10. The van der Waals surface area contributed by atoms with Crippen molar-refractivity contribution in [2.45, 2.75) is 51.0 Å². The van der Waals surface area contributed by atoms with E-state index >= 15 is 0 Å². The van der Waals surface area contributed by atoms with Crippen molar-refractivity contribution in [1.29, 1.82) is 0 Å². The van der Waals surface area contributed by atoms with Crippen molar-refractivity contribution in [3.8, 4) is 0 Å². The molecule has 0 radical (unpaired) electrons. The second-order valence-electron chi connectivity index (χ2n) is 7.05. The number of hydrogen-bond donors (Lipinski definition) is 2. The second-order valence-corrected chi connectivity index (χ2v) is 9.70. The van der Waals surface area contributed by atoms with Gasteiger partial charge in [-0.2, -0.15) is 0 Å². The first-order valence-corrected chi connectivity index (χ1v) is 11.6. The smallest absolute Gasteiger partial charge is 0.240 e. The maximum atomic E-state index is 12.4. The van der Waals surface area contributed by atoms with Crippen molar-refractivity contribution in [3.63, 3.8) is 0 Å². The Hall–Kier alpha value is -1.70. The van der Waals surface area contributed by atoms with Gasteiger partial charge < -0.3 is 5.32 Å². The predicted octanol–water partition coefficient (Wildman–Crippen LogP) is 3.87. The molecule has 28 heavy (non-hydrogen) atoms. The lowest BCUT2D eigenvalue weighted by molar-refractivity contribution is -0.121. The first kappa shape index (κ1) is 22.6. The van der Waals surface area contributed by atoms with Gasteiger partial charge in [-0.25, -0.2) is 13.1 Å². The van der Waals surface area contributed by atoms with Gasteiger partial charge in [0.1, 0.15) is 0 Å². The quantitative estimate of drug-likeness (QED) is 0.588. The summed E-state index contributed by atoms with van der Waals surface area (Å²) in [5, 5.41) is 2.92. The summed E-state index contributed by atoms with van der Waals surface area (Å²) < 4.78 is 28.4. The summed E-state index contributed by atoms with van der Waals surface area (Å²) >= 11 is 3.41. The van der Waals surface area contributed by atoms with Gasteiger partial charge in [0.15, 0.2) is 0 Å². The molecule has 0 bridgehead atoms. The minimum Gasteiger partial charge on any atom is -0.354 e. The molecule has 2 rings (SSSR count). The Bertz CT molecular complexity index is 912. The van der Waals surface area contributed by atoms with Crippen LogP contribution in [0.3, 0.4) is 0 Å². The van der Waals surface area contributed by atoms with Crippen LogP contribution in [0.15, 0.2) is 51.8 Å². The molecular formula is C21H27BrN2O3S. The van der Waals surface area contributed by atoms with E-state index in [1.54, 1.807) is 19.1 Å². The van der Waals surface area contributed by atoms with Gasteiger partial charge in [0.2, 0.25) is 15.9 Å². The molecule has 1 atom stereocenters. The minimum atomic E-state index is -3.62. The fourth-order valence-corrected chi connectivity index (χ4v) is 4.45. The lowest BCUT2D eigenvalue weighted by Crippen LogP contribution is -2.35. The number of nitrogens with one attached hydrogen (secondary N) is 2. The number of hydrogen-bond acceptors (Lipinski definition) is 3. The van der Waals surface area contributed by atoms with E-state index in [4.69, 9.17) is 0 Å². The van der Waals surface area contributed by atoms with Crippen LogP contribution in [-0.2, 0) is 21.2 Å². The van der Waals surface area contributed by atoms with Gasteiger partial charge in [0.25, 0.3) is 0 Å². The summed E-state index contributed by atoms with van der Waals surface area (Å²) in [4.78, 5) is 12.3. The van der Waals surface area contributed by atoms with E-state index in [9.17, 15) is 13.2 Å². The zero-order valence-electron chi connectivity index (χ0n) is 16.5. The lowest BCUT2D eigenvalue weighted by atomic mass is 10.1. The van der Waals surface area contributed by atoms with Gasteiger partial charge in [-0.05, 0) is 62.9 Å². The average molecular weight is 467 g/mol. The molecule has 2 aromatic rings. The molecule has 1 unspecified atom stereocenters. The molecule has 0 saturated carbocycles. The zero-order valence-corrected chi connectivity index (χ0v) is 18.9. The number of halogens is 1. The van der Waals surface area contributed by atoms with Gasteiger partial charge in [-0.15, -0.1) is 0 Å². The second kappa shape index (κ2) is 10.2. The molecule has 152 valence electrons. The number of carbonyl (C=O) groups excluding carboxylic acids is 1. The first-order valence-electron chi connectivity index (χ1n) is 9.28. The number of aryl methyl sites for hydroxylation is 3. The molecule has 0 heterocycles. The van der Waals surface area contributed by atoms with Crippen LogP contribution in [0.2, 0.25) is 0 Å². The number of carbonyl (C=O) groups is 1. The topological polar surface area (TPSA) is 75.3 Å². The Morgan fingerprint density at radius 1 is 1.11 bits per heavy atom. The Kier molecular flexibility index (Phi) is 8.22. The van der Waals surface area contributed by atoms with E-state index in [0.29, 0.717) is 5.56 Å². The number of amides is 1. The Morgan fingerprint density at radius 3 is 2.43 bits per heavy atom. The predicted molar refractivity (Wildman–Crippen MR) is 116 cm³/mol. The number of sulfonamides is 1. The van der Waals surface area contributed by atoms with Crippen LogP contribution in [0, 0.1) is 13.8 Å². The summed E-state index contributed by atoms with van der Waals surface area (Å²) in [6.45, 7) is 5.71. The Morgan fingerprint density at radius 2 is 1.79 bits per heavy atom. The third-order valence-electron chi connectivity index (χ3n) is 4.45. The zero-order chi connectivity index (χ0) is 20.7. The molecule has 2 aromatic carbocycles. The monoisotopic (exact) mass is 466 g/mol. The van der Waals surface area contributed by atoms with Crippen LogP contribution in [0.4, 0.5) is 0 Å².